The van der Waals surface area contributed by atoms with E-state index in [1.807, 2.05) is 0 Å². The Morgan fingerprint density at radius 2 is 0.867 bits per heavy atom. The summed E-state index contributed by atoms with van der Waals surface area (Å²) in [4.78, 5) is 0. The Morgan fingerprint density at radius 1 is 0.467 bits per heavy atom. The van der Waals surface area contributed by atoms with Gasteiger partial charge in [0.15, 0.2) is 0 Å². The molecule has 67 valence electrons. The average molecular weight is 185 g/mol. The molecule has 0 amide bonds. The van der Waals surface area contributed by atoms with Gasteiger partial charge in [-0.15, -0.1) is 0 Å². The van der Waals surface area contributed by atoms with Crippen LogP contribution in [0.2, 0.25) is 0 Å². The van der Waals surface area contributed by atoms with E-state index in [1.54, 1.807) is 0 Å². The summed E-state index contributed by atoms with van der Waals surface area (Å²) in [6.07, 6.45) is 0. The van der Waals surface area contributed by atoms with Gasteiger partial charge in [-0.05, 0) is 21.5 Å². The maximum absolute atomic E-state index is 2.18. The van der Waals surface area contributed by atoms with Gasteiger partial charge in [-0.25, -0.2) is 0 Å². The zero-order chi connectivity index (χ0) is 9.38. The second kappa shape index (κ2) is 4.11. The van der Waals surface area contributed by atoms with Crippen LogP contribution in [0.15, 0.2) is 60.7 Å². The van der Waals surface area contributed by atoms with E-state index in [4.69, 9.17) is 0 Å². The minimum atomic E-state index is 0. The number of rotatable bonds is 0. The van der Waals surface area contributed by atoms with Crippen molar-refractivity contribution < 1.29 is 0 Å². The number of fused-ring (bicyclic) bond motifs is 3. The zero-order valence-corrected chi connectivity index (χ0v) is 8.77. The smallest absolute Gasteiger partial charge is 0 e. The summed E-state index contributed by atoms with van der Waals surface area (Å²) in [6.45, 7) is 0. The molecule has 0 aliphatic heterocycles. The maximum Gasteiger partial charge on any atom is 0 e. The molecule has 0 N–H and O–H groups in total. The second-order valence-electron chi connectivity index (χ2n) is 3.51. The Morgan fingerprint density at radius 3 is 1.33 bits per heavy atom. The molecule has 0 heterocycles. The predicted octanol–water partition coefficient (Wildman–Crippen LogP) is 3.61. The molecular weight excluding hydrogens is 175 g/mol. The predicted molar refractivity (Wildman–Crippen MR) is 67.2 cm³/mol. The van der Waals surface area contributed by atoms with Crippen molar-refractivity contribution in [3.05, 3.63) is 60.7 Å². The fourth-order valence-corrected chi connectivity index (χ4v) is 1.95. The van der Waals surface area contributed by atoms with Crippen LogP contribution in [-0.2, 0) is 0 Å². The molecule has 15 heavy (non-hydrogen) atoms. The first-order valence-corrected chi connectivity index (χ1v) is 4.82. The average Bonchev–Trinajstić information content (AvgIpc) is 2.29. The fraction of sp³-hybridized carbons (Fsp3) is 0. The molecule has 0 aliphatic carbocycles. The molecule has 3 aromatic carbocycles. The van der Waals surface area contributed by atoms with Crippen LogP contribution in [0.25, 0.3) is 21.5 Å². The van der Waals surface area contributed by atoms with Crippen molar-refractivity contribution in [1.82, 2.24) is 0 Å². The van der Waals surface area contributed by atoms with Gasteiger partial charge in [0.1, 0.15) is 0 Å². The zero-order valence-electron chi connectivity index (χ0n) is 8.77. The molecule has 1 heteroatoms. The molecule has 0 aromatic heterocycles. The molecule has 3 aromatic rings. The van der Waals surface area contributed by atoms with E-state index in [0.717, 1.165) is 0 Å². The first-order valence-electron chi connectivity index (χ1n) is 4.82. The summed E-state index contributed by atoms with van der Waals surface area (Å²) in [5.74, 6) is 0. The minimum Gasteiger partial charge on any atom is -0.0616 e. The quantitative estimate of drug-likeness (QED) is 0.370. The third kappa shape index (κ3) is 1.67. The Bertz CT molecular complexity index is 544. The summed E-state index contributed by atoms with van der Waals surface area (Å²) >= 11 is 0. The molecule has 0 saturated carbocycles. The van der Waals surface area contributed by atoms with Gasteiger partial charge in [0, 0.05) is 18.9 Å². The molecule has 0 saturated heterocycles. The minimum absolute atomic E-state index is 0. The molecule has 1 radical (unpaired) electrons. The van der Waals surface area contributed by atoms with Crippen LogP contribution in [-0.4, -0.2) is 18.9 Å². The Hall–Kier alpha value is -1.22. The van der Waals surface area contributed by atoms with Crippen molar-refractivity contribution in [3.63, 3.8) is 0 Å². The van der Waals surface area contributed by atoms with Crippen molar-refractivity contribution in [2.75, 3.05) is 0 Å². The van der Waals surface area contributed by atoms with Crippen LogP contribution >= 0.6 is 0 Å². The second-order valence-corrected chi connectivity index (χ2v) is 3.51. The molecule has 0 unspecified atom stereocenters. The van der Waals surface area contributed by atoms with Crippen molar-refractivity contribution >= 4 is 40.4 Å². The number of hydrogen-bond donors (Lipinski definition) is 0. The monoisotopic (exact) mass is 185 g/mol. The molecular formula is C14H10Li. The standard InChI is InChI=1S/C14H10.Li/c1-3-7-13-11(5-1)9-10-12-6-2-4-8-14(12)13;/h1-10H;. The topological polar surface area (TPSA) is 0 Å². The molecule has 3 rings (SSSR count). The summed E-state index contributed by atoms with van der Waals surface area (Å²) in [7, 11) is 0. The van der Waals surface area contributed by atoms with Crippen molar-refractivity contribution in [3.8, 4) is 0 Å². The van der Waals surface area contributed by atoms with E-state index in [0.29, 0.717) is 0 Å². The van der Waals surface area contributed by atoms with Crippen molar-refractivity contribution in [1.29, 1.82) is 0 Å². The van der Waals surface area contributed by atoms with Crippen molar-refractivity contribution in [2.45, 2.75) is 0 Å². The number of benzene rings is 3. The van der Waals surface area contributed by atoms with Crippen LogP contribution in [0.3, 0.4) is 0 Å². The Balaban J connectivity index is 0.000000853. The Kier molecular flexibility index (Phi) is 2.82. The molecule has 0 nitrogen and oxygen atoms in total. The molecule has 0 aliphatic rings. The van der Waals surface area contributed by atoms with Gasteiger partial charge >= 0.3 is 0 Å². The van der Waals surface area contributed by atoms with Crippen LogP contribution < -0.4 is 0 Å². The van der Waals surface area contributed by atoms with E-state index < -0.39 is 0 Å². The van der Waals surface area contributed by atoms with Gasteiger partial charge in [0.25, 0.3) is 0 Å². The normalized spacial score (nSPS) is 10.1. The van der Waals surface area contributed by atoms with E-state index >= 15 is 0 Å². The van der Waals surface area contributed by atoms with Gasteiger partial charge in [0.2, 0.25) is 0 Å². The van der Waals surface area contributed by atoms with Crippen LogP contribution in [0, 0.1) is 0 Å². The summed E-state index contributed by atoms with van der Waals surface area (Å²) in [6, 6.07) is 21.4. The van der Waals surface area contributed by atoms with Crippen LogP contribution in [0.1, 0.15) is 0 Å². The Labute approximate surface area is 101 Å². The summed E-state index contributed by atoms with van der Waals surface area (Å²) < 4.78 is 0. The molecule has 0 spiro atoms. The van der Waals surface area contributed by atoms with Gasteiger partial charge in [0.05, 0.1) is 0 Å². The number of hydrogen-bond acceptors (Lipinski definition) is 0. The fourth-order valence-electron chi connectivity index (χ4n) is 1.95. The van der Waals surface area contributed by atoms with E-state index in [9.17, 15) is 0 Å². The van der Waals surface area contributed by atoms with E-state index in [2.05, 4.69) is 60.7 Å². The van der Waals surface area contributed by atoms with E-state index in [-0.39, 0.29) is 18.9 Å². The molecule has 0 fully saturated rings. The first kappa shape index (κ1) is 10.3. The van der Waals surface area contributed by atoms with Crippen LogP contribution in [0.5, 0.6) is 0 Å². The summed E-state index contributed by atoms with van der Waals surface area (Å²) in [5, 5.41) is 5.30. The van der Waals surface area contributed by atoms with Crippen LogP contribution in [0.4, 0.5) is 0 Å². The first-order chi connectivity index (χ1) is 6.95. The third-order valence-corrected chi connectivity index (χ3v) is 2.65. The summed E-state index contributed by atoms with van der Waals surface area (Å²) in [5.41, 5.74) is 0. The SMILES string of the molecule is [Li].c1ccc2c(c1)ccc1ccccc12. The van der Waals surface area contributed by atoms with Gasteiger partial charge < -0.3 is 0 Å². The largest absolute Gasteiger partial charge is 0.0616 e. The van der Waals surface area contributed by atoms with Crippen molar-refractivity contribution in [2.24, 2.45) is 0 Å². The molecule has 0 bridgehead atoms. The third-order valence-electron chi connectivity index (χ3n) is 2.65. The van der Waals surface area contributed by atoms with E-state index in [1.165, 1.54) is 21.5 Å². The maximum atomic E-state index is 2.18. The van der Waals surface area contributed by atoms with Gasteiger partial charge in [-0.3, -0.25) is 0 Å². The van der Waals surface area contributed by atoms with Gasteiger partial charge in [-0.2, -0.15) is 0 Å². The van der Waals surface area contributed by atoms with Gasteiger partial charge in [-0.1, -0.05) is 60.7 Å². The molecule has 0 atom stereocenters.